The number of rotatable bonds is 1. The van der Waals surface area contributed by atoms with Gasteiger partial charge in [0.25, 0.3) is 0 Å². The van der Waals surface area contributed by atoms with Crippen LogP contribution in [0, 0.1) is 12.8 Å². The van der Waals surface area contributed by atoms with Crippen molar-refractivity contribution < 1.29 is 4.79 Å². The molecule has 0 fully saturated rings. The summed E-state index contributed by atoms with van der Waals surface area (Å²) in [6, 6.07) is 0. The van der Waals surface area contributed by atoms with Crippen molar-refractivity contribution in [3.05, 3.63) is 6.92 Å². The highest BCUT2D eigenvalue weighted by Crippen LogP contribution is 1.94. The summed E-state index contributed by atoms with van der Waals surface area (Å²) in [6.45, 7) is 5.00. The molecule has 0 aliphatic rings. The fourth-order valence-corrected chi connectivity index (χ4v) is 0. The Morgan fingerprint density at radius 1 is 2.00 bits per heavy atom. The smallest absolute Gasteiger partial charge is 0.224 e. The lowest BCUT2D eigenvalue weighted by atomic mass is 10.3. The summed E-state index contributed by atoms with van der Waals surface area (Å²) in [5.41, 5.74) is 0. The summed E-state index contributed by atoms with van der Waals surface area (Å²) < 4.78 is 0. The molecule has 1 atom stereocenters. The van der Waals surface area contributed by atoms with Gasteiger partial charge in [-0.2, -0.15) is 0 Å². The van der Waals surface area contributed by atoms with E-state index in [1.54, 1.807) is 6.92 Å². The second-order valence-electron chi connectivity index (χ2n) is 1.21. The van der Waals surface area contributed by atoms with E-state index in [2.05, 4.69) is 6.92 Å². The van der Waals surface area contributed by atoms with Crippen LogP contribution in [-0.4, -0.2) is 5.24 Å². The molecular weight excluding hydrogens is 99.5 g/mol. The molecule has 0 saturated carbocycles. The maximum Gasteiger partial charge on any atom is 0.224 e. The number of carbonyl (C=O) groups is 1. The van der Waals surface area contributed by atoms with E-state index in [1.165, 1.54) is 0 Å². The molecule has 0 aromatic rings. The summed E-state index contributed by atoms with van der Waals surface area (Å²) >= 11 is 4.91. The lowest BCUT2D eigenvalue weighted by Crippen LogP contribution is -1.95. The van der Waals surface area contributed by atoms with Gasteiger partial charge in [-0.25, -0.2) is 0 Å². The Labute approximate surface area is 42.3 Å². The Morgan fingerprint density at radius 2 is 2.17 bits per heavy atom. The Kier molecular flexibility index (Phi) is 2.18. The highest BCUT2D eigenvalue weighted by atomic mass is 35.5. The van der Waals surface area contributed by atoms with Crippen LogP contribution in [0.25, 0.3) is 0 Å². The predicted molar refractivity (Wildman–Crippen MR) is 25.4 cm³/mol. The summed E-state index contributed by atoms with van der Waals surface area (Å²) in [4.78, 5) is 9.85. The van der Waals surface area contributed by atoms with E-state index < -0.39 is 0 Å². The molecule has 1 nitrogen and oxygen atoms in total. The van der Waals surface area contributed by atoms with Crippen LogP contribution < -0.4 is 0 Å². The monoisotopic (exact) mass is 105 g/mol. The Balaban J connectivity index is 3.26. The lowest BCUT2D eigenvalue weighted by Gasteiger charge is -1.87. The average molecular weight is 106 g/mol. The van der Waals surface area contributed by atoms with Crippen LogP contribution in [0.1, 0.15) is 6.92 Å². The minimum atomic E-state index is -0.380. The van der Waals surface area contributed by atoms with Crippen molar-refractivity contribution >= 4 is 16.8 Å². The Morgan fingerprint density at radius 3 is 2.17 bits per heavy atom. The first kappa shape index (κ1) is 5.96. The molecule has 1 radical (unpaired) electrons. The predicted octanol–water partition coefficient (Wildman–Crippen LogP) is 1.22. The first-order valence-corrected chi connectivity index (χ1v) is 2.05. The van der Waals surface area contributed by atoms with Crippen LogP contribution in [0.3, 0.4) is 0 Å². The second-order valence-corrected chi connectivity index (χ2v) is 1.58. The highest BCUT2D eigenvalue weighted by molar-refractivity contribution is 6.64. The summed E-state index contributed by atoms with van der Waals surface area (Å²) in [5.74, 6) is -0.272. The first-order chi connectivity index (χ1) is 2.64. The SMILES string of the molecule is [CH2]C(C)C(=O)Cl. The normalized spacial score (nSPS) is 9.33. The molecule has 0 spiro atoms. The summed E-state index contributed by atoms with van der Waals surface area (Å²) in [5, 5.41) is -0.380. The molecule has 0 aromatic carbocycles. The summed E-state index contributed by atoms with van der Waals surface area (Å²) in [7, 11) is 0. The van der Waals surface area contributed by atoms with E-state index in [1.807, 2.05) is 0 Å². The van der Waals surface area contributed by atoms with E-state index >= 15 is 0 Å². The van der Waals surface area contributed by atoms with Gasteiger partial charge in [0.05, 0.1) is 0 Å². The molecule has 35 valence electrons. The maximum atomic E-state index is 9.85. The van der Waals surface area contributed by atoms with Gasteiger partial charge in [0, 0.05) is 5.92 Å². The molecule has 0 aliphatic carbocycles. The van der Waals surface area contributed by atoms with Gasteiger partial charge in [0.1, 0.15) is 0 Å². The van der Waals surface area contributed by atoms with Gasteiger partial charge >= 0.3 is 0 Å². The molecule has 0 rings (SSSR count). The molecule has 6 heavy (non-hydrogen) atoms. The van der Waals surface area contributed by atoms with Crippen molar-refractivity contribution in [2.75, 3.05) is 0 Å². The van der Waals surface area contributed by atoms with Gasteiger partial charge in [0.2, 0.25) is 5.24 Å². The molecule has 2 heteroatoms. The fraction of sp³-hybridized carbons (Fsp3) is 0.500. The zero-order chi connectivity index (χ0) is 5.15. The Bertz CT molecular complexity index is 58.6. The van der Waals surface area contributed by atoms with Crippen LogP contribution in [0.15, 0.2) is 0 Å². The van der Waals surface area contributed by atoms with Gasteiger partial charge in [-0.1, -0.05) is 6.92 Å². The number of halogens is 1. The third-order valence-electron chi connectivity index (χ3n) is 0.387. The van der Waals surface area contributed by atoms with Gasteiger partial charge in [-0.15, -0.1) is 0 Å². The third-order valence-corrected chi connectivity index (χ3v) is 0.760. The molecule has 0 saturated heterocycles. The lowest BCUT2D eigenvalue weighted by molar-refractivity contribution is -0.113. The van der Waals surface area contributed by atoms with E-state index in [4.69, 9.17) is 11.6 Å². The minimum absolute atomic E-state index is 0.272. The van der Waals surface area contributed by atoms with Crippen LogP contribution in [0.2, 0.25) is 0 Å². The van der Waals surface area contributed by atoms with Crippen molar-refractivity contribution in [2.24, 2.45) is 5.92 Å². The summed E-state index contributed by atoms with van der Waals surface area (Å²) in [6.07, 6.45) is 0. The second kappa shape index (κ2) is 2.19. The first-order valence-electron chi connectivity index (χ1n) is 1.67. The van der Waals surface area contributed by atoms with Crippen molar-refractivity contribution in [2.45, 2.75) is 6.92 Å². The van der Waals surface area contributed by atoms with Crippen LogP contribution in [0.4, 0.5) is 0 Å². The van der Waals surface area contributed by atoms with E-state index in [0.717, 1.165) is 0 Å². The van der Waals surface area contributed by atoms with Crippen LogP contribution in [-0.2, 0) is 4.79 Å². The Hall–Kier alpha value is -0.0400. The number of carbonyl (C=O) groups excluding carboxylic acids is 1. The highest BCUT2D eigenvalue weighted by Gasteiger charge is 1.98. The quantitative estimate of drug-likeness (QED) is 0.459. The number of hydrogen-bond donors (Lipinski definition) is 0. The van der Waals surface area contributed by atoms with E-state index in [0.29, 0.717) is 0 Å². The third kappa shape index (κ3) is 2.21. The van der Waals surface area contributed by atoms with E-state index in [-0.39, 0.29) is 11.2 Å². The molecule has 0 aliphatic heterocycles. The average Bonchev–Trinajstić information content (AvgIpc) is 1.36. The topological polar surface area (TPSA) is 17.1 Å². The molecule has 0 bridgehead atoms. The molecular formula is C4H6ClO. The molecule has 0 aromatic heterocycles. The molecule has 0 amide bonds. The van der Waals surface area contributed by atoms with Crippen molar-refractivity contribution in [3.8, 4) is 0 Å². The van der Waals surface area contributed by atoms with E-state index in [9.17, 15) is 4.79 Å². The van der Waals surface area contributed by atoms with Crippen molar-refractivity contribution in [1.82, 2.24) is 0 Å². The van der Waals surface area contributed by atoms with Crippen molar-refractivity contribution in [3.63, 3.8) is 0 Å². The zero-order valence-electron chi connectivity index (χ0n) is 3.57. The minimum Gasteiger partial charge on any atom is -0.281 e. The van der Waals surface area contributed by atoms with Crippen LogP contribution in [0.5, 0.6) is 0 Å². The maximum absolute atomic E-state index is 9.85. The fourth-order valence-electron chi connectivity index (χ4n) is 0. The zero-order valence-corrected chi connectivity index (χ0v) is 4.33. The van der Waals surface area contributed by atoms with Crippen LogP contribution >= 0.6 is 11.6 Å². The molecule has 0 N–H and O–H groups in total. The van der Waals surface area contributed by atoms with Gasteiger partial charge in [0.15, 0.2) is 0 Å². The van der Waals surface area contributed by atoms with Gasteiger partial charge in [-0.05, 0) is 18.5 Å². The largest absolute Gasteiger partial charge is 0.281 e. The van der Waals surface area contributed by atoms with Gasteiger partial charge < -0.3 is 0 Å². The van der Waals surface area contributed by atoms with Crippen molar-refractivity contribution in [1.29, 1.82) is 0 Å². The molecule has 1 unspecified atom stereocenters. The number of hydrogen-bond acceptors (Lipinski definition) is 1. The standard InChI is InChI=1S/C4H6ClO/c1-3(2)4(5)6/h3H,1H2,2H3. The molecule has 0 heterocycles. The van der Waals surface area contributed by atoms with Gasteiger partial charge in [-0.3, -0.25) is 4.79 Å².